The summed E-state index contributed by atoms with van der Waals surface area (Å²) < 4.78 is 23.5. The van der Waals surface area contributed by atoms with Gasteiger partial charge in [0, 0.05) is 28.7 Å². The third-order valence-corrected chi connectivity index (χ3v) is 6.47. The maximum Gasteiger partial charge on any atom is 0.154 e. The molecule has 0 bridgehead atoms. The second-order valence-electron chi connectivity index (χ2n) is 5.10. The van der Waals surface area contributed by atoms with Gasteiger partial charge in [0.1, 0.15) is 4.99 Å². The van der Waals surface area contributed by atoms with Crippen molar-refractivity contribution in [2.45, 2.75) is 24.8 Å². The van der Waals surface area contributed by atoms with E-state index in [0.29, 0.717) is 11.5 Å². The van der Waals surface area contributed by atoms with E-state index in [-0.39, 0.29) is 17.5 Å². The molecule has 1 saturated heterocycles. The highest BCUT2D eigenvalue weighted by molar-refractivity contribution is 7.99. The maximum atomic E-state index is 11.7. The Morgan fingerprint density at radius 3 is 2.81 bits per heavy atom. The lowest BCUT2D eigenvalue weighted by molar-refractivity contribution is 0.568. The van der Waals surface area contributed by atoms with Gasteiger partial charge in [-0.25, -0.2) is 8.42 Å². The predicted molar refractivity (Wildman–Crippen MR) is 94.2 cm³/mol. The number of thioether (sulfide) groups is 1. The zero-order valence-electron chi connectivity index (χ0n) is 12.2. The third-order valence-electron chi connectivity index (χ3n) is 3.53. The van der Waals surface area contributed by atoms with E-state index in [4.69, 9.17) is 18.0 Å². The van der Waals surface area contributed by atoms with Crippen LogP contribution in [0.5, 0.6) is 0 Å². The molecule has 116 valence electrons. The average molecular weight is 345 g/mol. The molecule has 21 heavy (non-hydrogen) atoms. The first-order valence-corrected chi connectivity index (χ1v) is 10.1. The number of rotatable bonds is 4. The molecule has 1 fully saturated rings. The highest BCUT2D eigenvalue weighted by Gasteiger charge is 2.30. The van der Waals surface area contributed by atoms with Gasteiger partial charge in [-0.15, -0.1) is 11.8 Å². The van der Waals surface area contributed by atoms with E-state index >= 15 is 0 Å². The zero-order chi connectivity index (χ0) is 15.6. The van der Waals surface area contributed by atoms with Crippen LogP contribution in [-0.4, -0.2) is 43.3 Å². The molecular formula is C14H20N2O2S3. The van der Waals surface area contributed by atoms with E-state index in [1.807, 2.05) is 25.1 Å². The minimum absolute atomic E-state index is 0.0706. The molecule has 1 heterocycles. The van der Waals surface area contributed by atoms with Crippen molar-refractivity contribution in [3.05, 3.63) is 23.8 Å². The Hall–Kier alpha value is -0.790. The van der Waals surface area contributed by atoms with Crippen molar-refractivity contribution < 1.29 is 8.42 Å². The fraction of sp³-hybridized carbons (Fsp3) is 0.500. The molecule has 7 heteroatoms. The standard InChI is InChI=1S/C14H20N2O2S3/c1-3-20-12-6-4-5-11(13(12)14(15)19)16-7-8-21(17,18)9-10(16)2/h4-6,10H,3,7-9H2,1-2H3,(H2,15,19). The molecule has 1 unspecified atom stereocenters. The van der Waals surface area contributed by atoms with Crippen LogP contribution < -0.4 is 10.6 Å². The number of benzene rings is 1. The van der Waals surface area contributed by atoms with E-state index in [1.54, 1.807) is 11.8 Å². The van der Waals surface area contributed by atoms with E-state index in [1.165, 1.54) is 0 Å². The number of anilines is 1. The Morgan fingerprint density at radius 1 is 1.52 bits per heavy atom. The van der Waals surface area contributed by atoms with Crippen molar-refractivity contribution >= 4 is 44.5 Å². The first-order valence-electron chi connectivity index (χ1n) is 6.88. The van der Waals surface area contributed by atoms with Crippen LogP contribution in [0.15, 0.2) is 23.1 Å². The summed E-state index contributed by atoms with van der Waals surface area (Å²) in [5.74, 6) is 1.29. The number of nitrogens with zero attached hydrogens (tertiary/aromatic N) is 1. The lowest BCUT2D eigenvalue weighted by Crippen LogP contribution is -2.47. The topological polar surface area (TPSA) is 63.4 Å². The van der Waals surface area contributed by atoms with Crippen molar-refractivity contribution in [1.29, 1.82) is 0 Å². The van der Waals surface area contributed by atoms with Crippen molar-refractivity contribution in [3.63, 3.8) is 0 Å². The van der Waals surface area contributed by atoms with Gasteiger partial charge in [0.25, 0.3) is 0 Å². The van der Waals surface area contributed by atoms with Gasteiger partial charge in [-0.3, -0.25) is 0 Å². The number of hydrogen-bond acceptors (Lipinski definition) is 5. The fourth-order valence-electron chi connectivity index (χ4n) is 2.64. The predicted octanol–water partition coefficient (Wildman–Crippen LogP) is 2.06. The molecule has 1 aliphatic rings. The Bertz CT molecular complexity index is 644. The molecule has 4 nitrogen and oxygen atoms in total. The number of sulfone groups is 1. The van der Waals surface area contributed by atoms with Crippen LogP contribution in [0, 0.1) is 0 Å². The summed E-state index contributed by atoms with van der Waals surface area (Å²) in [6, 6.07) is 5.89. The molecule has 1 aliphatic heterocycles. The second-order valence-corrected chi connectivity index (χ2v) is 9.08. The zero-order valence-corrected chi connectivity index (χ0v) is 14.7. The third kappa shape index (κ3) is 3.70. The molecule has 0 saturated carbocycles. The maximum absolute atomic E-state index is 11.7. The lowest BCUT2D eigenvalue weighted by atomic mass is 10.1. The summed E-state index contributed by atoms with van der Waals surface area (Å²) in [5.41, 5.74) is 7.74. The highest BCUT2D eigenvalue weighted by atomic mass is 32.2. The number of nitrogens with two attached hydrogens (primary N) is 1. The van der Waals surface area contributed by atoms with Crippen LogP contribution >= 0.6 is 24.0 Å². The van der Waals surface area contributed by atoms with Crippen molar-refractivity contribution in [2.75, 3.05) is 28.7 Å². The molecule has 2 N–H and O–H groups in total. The lowest BCUT2D eigenvalue weighted by Gasteiger charge is -2.36. The fourth-order valence-corrected chi connectivity index (χ4v) is 5.32. The van der Waals surface area contributed by atoms with E-state index < -0.39 is 9.84 Å². The van der Waals surface area contributed by atoms with Gasteiger partial charge in [0.15, 0.2) is 9.84 Å². The molecule has 0 aromatic heterocycles. The van der Waals surface area contributed by atoms with Gasteiger partial charge in [-0.2, -0.15) is 0 Å². The smallest absolute Gasteiger partial charge is 0.154 e. The van der Waals surface area contributed by atoms with E-state index in [2.05, 4.69) is 11.8 Å². The summed E-state index contributed by atoms with van der Waals surface area (Å²) >= 11 is 6.92. The minimum atomic E-state index is -2.94. The van der Waals surface area contributed by atoms with Gasteiger partial charge < -0.3 is 10.6 Å². The van der Waals surface area contributed by atoms with Crippen LogP contribution in [0.1, 0.15) is 19.4 Å². The van der Waals surface area contributed by atoms with Gasteiger partial charge in [0.05, 0.1) is 11.5 Å². The van der Waals surface area contributed by atoms with Crippen molar-refractivity contribution in [3.8, 4) is 0 Å². The van der Waals surface area contributed by atoms with Crippen molar-refractivity contribution in [1.82, 2.24) is 0 Å². The molecule has 0 radical (unpaired) electrons. The minimum Gasteiger partial charge on any atom is -0.389 e. The first kappa shape index (κ1) is 16.6. The second kappa shape index (κ2) is 6.54. The first-order chi connectivity index (χ1) is 9.85. The molecule has 2 rings (SSSR count). The SMILES string of the molecule is CCSc1cccc(N2CCS(=O)(=O)CC2C)c1C(N)=S. The van der Waals surface area contributed by atoms with E-state index in [0.717, 1.165) is 21.9 Å². The van der Waals surface area contributed by atoms with E-state index in [9.17, 15) is 8.42 Å². The van der Waals surface area contributed by atoms with Crippen LogP contribution in [0.4, 0.5) is 5.69 Å². The Balaban J connectivity index is 2.44. The highest BCUT2D eigenvalue weighted by Crippen LogP contribution is 2.33. The average Bonchev–Trinajstić information content (AvgIpc) is 2.37. The van der Waals surface area contributed by atoms with Gasteiger partial charge in [0.2, 0.25) is 0 Å². The van der Waals surface area contributed by atoms with Crippen LogP contribution in [-0.2, 0) is 9.84 Å². The van der Waals surface area contributed by atoms with Crippen molar-refractivity contribution in [2.24, 2.45) is 5.73 Å². The Kier molecular flexibility index (Phi) is 5.16. The summed E-state index contributed by atoms with van der Waals surface area (Å²) in [5, 5.41) is 0. The summed E-state index contributed by atoms with van der Waals surface area (Å²) in [6.07, 6.45) is 0. The Labute approximate surface area is 136 Å². The largest absolute Gasteiger partial charge is 0.389 e. The van der Waals surface area contributed by atoms with Crippen LogP contribution in [0.25, 0.3) is 0 Å². The molecule has 0 amide bonds. The van der Waals surface area contributed by atoms with Crippen LogP contribution in [0.3, 0.4) is 0 Å². The Morgan fingerprint density at radius 2 is 2.24 bits per heavy atom. The quantitative estimate of drug-likeness (QED) is 0.666. The number of thiocarbonyl (C=S) groups is 1. The molecule has 0 aliphatic carbocycles. The molecule has 1 aromatic carbocycles. The van der Waals surface area contributed by atoms with Gasteiger partial charge in [-0.1, -0.05) is 25.2 Å². The monoisotopic (exact) mass is 344 g/mol. The molecule has 1 aromatic rings. The summed E-state index contributed by atoms with van der Waals surface area (Å²) in [6.45, 7) is 4.50. The van der Waals surface area contributed by atoms with Gasteiger partial charge in [-0.05, 0) is 24.8 Å². The summed E-state index contributed by atoms with van der Waals surface area (Å²) in [7, 11) is -2.94. The normalized spacial score (nSPS) is 21.2. The van der Waals surface area contributed by atoms with Gasteiger partial charge >= 0.3 is 0 Å². The molecule has 1 atom stereocenters. The van der Waals surface area contributed by atoms with Crippen LogP contribution in [0.2, 0.25) is 0 Å². The number of hydrogen-bond donors (Lipinski definition) is 1. The summed E-state index contributed by atoms with van der Waals surface area (Å²) in [4.78, 5) is 3.53. The molecular weight excluding hydrogens is 324 g/mol. The molecule has 0 spiro atoms.